The van der Waals surface area contributed by atoms with E-state index in [1.54, 1.807) is 11.9 Å². The number of carbonyl (C=O) groups excluding carboxylic acids is 1. The van der Waals surface area contributed by atoms with Gasteiger partial charge in [0, 0.05) is 51.9 Å². The monoisotopic (exact) mass is 484 g/mol. The largest absolute Gasteiger partial charge is 0.503 e. The second-order valence-corrected chi connectivity index (χ2v) is 8.17. The molecule has 13 heteroatoms. The van der Waals surface area contributed by atoms with Gasteiger partial charge in [-0.3, -0.25) is 4.79 Å². The van der Waals surface area contributed by atoms with E-state index in [1.807, 2.05) is 4.90 Å². The van der Waals surface area contributed by atoms with Gasteiger partial charge in [-0.25, -0.2) is 18.4 Å². The topological polar surface area (TPSA) is 87.4 Å². The Morgan fingerprint density at radius 3 is 2.44 bits per heavy atom. The number of phenolic OH excluding ortho intramolecular Hbond substituents is 1. The Labute approximate surface area is 190 Å². The van der Waals surface area contributed by atoms with Crippen LogP contribution >= 0.6 is 0 Å². The van der Waals surface area contributed by atoms with Gasteiger partial charge >= 0.3 is 6.18 Å². The Bertz CT molecular complexity index is 1270. The van der Waals surface area contributed by atoms with E-state index in [-0.39, 0.29) is 34.7 Å². The first-order valence-electron chi connectivity index (χ1n) is 10.4. The lowest BCUT2D eigenvalue weighted by molar-refractivity contribution is -0.140. The van der Waals surface area contributed by atoms with Crippen LogP contribution < -0.4 is 4.90 Å². The Kier molecular flexibility index (Phi) is 5.82. The van der Waals surface area contributed by atoms with Gasteiger partial charge in [-0.15, -0.1) is 0 Å². The molecule has 0 bridgehead atoms. The van der Waals surface area contributed by atoms with Crippen LogP contribution in [0.25, 0.3) is 22.3 Å². The molecule has 4 rings (SSSR count). The normalized spacial score (nSPS) is 15.2. The molecule has 1 fully saturated rings. The lowest BCUT2D eigenvalue weighted by Crippen LogP contribution is -2.45. The summed E-state index contributed by atoms with van der Waals surface area (Å²) in [7, 11) is 3.22. The maximum atomic E-state index is 14.6. The van der Waals surface area contributed by atoms with Crippen molar-refractivity contribution in [2.75, 3.05) is 25.0 Å². The van der Waals surface area contributed by atoms with E-state index < -0.39 is 34.7 Å². The number of alkyl halides is 3. The van der Waals surface area contributed by atoms with E-state index in [1.165, 1.54) is 24.9 Å². The molecule has 3 heterocycles. The number of phenols is 1. The third kappa shape index (κ3) is 3.99. The van der Waals surface area contributed by atoms with Crippen molar-refractivity contribution in [3.8, 4) is 17.0 Å². The summed E-state index contributed by atoms with van der Waals surface area (Å²) in [5.41, 5.74) is -2.57. The lowest BCUT2D eigenvalue weighted by Gasteiger charge is -2.36. The minimum atomic E-state index is -5.15. The Hall–Kier alpha value is -3.51. The molecule has 3 aromatic rings. The molecular formula is C21H21F5N6O2. The molecule has 0 spiro atoms. The van der Waals surface area contributed by atoms with E-state index >= 15 is 0 Å². The van der Waals surface area contributed by atoms with Crippen LogP contribution in [0.5, 0.6) is 5.75 Å². The standard InChI is InChI=1S/C21H21F5N6O2/c1-10(33)30(2)11-4-6-32(7-5-11)20-27-9-13-17(29-31(3)19(13)28-20)12-8-14(21(24,25)26)16(23)18(34)15(12)22/h8-9,11,34H,4-7H2,1-3H3. The Morgan fingerprint density at radius 2 is 1.85 bits per heavy atom. The van der Waals surface area contributed by atoms with Crippen molar-refractivity contribution in [3.63, 3.8) is 0 Å². The van der Waals surface area contributed by atoms with Crippen LogP contribution in [-0.4, -0.2) is 61.8 Å². The van der Waals surface area contributed by atoms with Gasteiger partial charge in [-0.05, 0) is 18.9 Å². The Balaban J connectivity index is 1.70. The average molecular weight is 484 g/mol. The SMILES string of the molecule is CC(=O)N(C)C1CCN(c2ncc3c(-c4cc(C(F)(F)F)c(F)c(O)c4F)nn(C)c3n2)CC1. The van der Waals surface area contributed by atoms with Crippen molar-refractivity contribution in [1.29, 1.82) is 0 Å². The van der Waals surface area contributed by atoms with Crippen LogP contribution in [0.4, 0.5) is 27.9 Å². The molecule has 182 valence electrons. The molecular weight excluding hydrogens is 463 g/mol. The Morgan fingerprint density at radius 1 is 1.21 bits per heavy atom. The number of rotatable bonds is 3. The number of carbonyl (C=O) groups is 1. The van der Waals surface area contributed by atoms with Crippen molar-refractivity contribution < 1.29 is 31.9 Å². The minimum Gasteiger partial charge on any atom is -0.503 e. The number of hydrogen-bond acceptors (Lipinski definition) is 6. The smallest absolute Gasteiger partial charge is 0.419 e. The number of hydrogen-bond donors (Lipinski definition) is 1. The molecule has 2 aromatic heterocycles. The molecule has 1 aliphatic heterocycles. The molecule has 1 aliphatic rings. The number of amides is 1. The van der Waals surface area contributed by atoms with E-state index in [0.717, 1.165) is 0 Å². The number of fused-ring (bicyclic) bond motifs is 1. The second-order valence-electron chi connectivity index (χ2n) is 8.17. The highest BCUT2D eigenvalue weighted by molar-refractivity contribution is 5.91. The number of benzene rings is 1. The summed E-state index contributed by atoms with van der Waals surface area (Å²) in [6.45, 7) is 2.66. The molecule has 8 nitrogen and oxygen atoms in total. The molecule has 0 saturated carbocycles. The van der Waals surface area contributed by atoms with Gasteiger partial charge in [0.15, 0.2) is 23.0 Å². The van der Waals surface area contributed by atoms with Crippen LogP contribution in [0.15, 0.2) is 12.3 Å². The zero-order chi connectivity index (χ0) is 24.9. The van der Waals surface area contributed by atoms with Crippen LogP contribution in [0.2, 0.25) is 0 Å². The number of aryl methyl sites for hydroxylation is 1. The van der Waals surface area contributed by atoms with Crippen molar-refractivity contribution >= 4 is 22.9 Å². The molecule has 0 aliphatic carbocycles. The fraction of sp³-hybridized carbons (Fsp3) is 0.429. The number of aromatic nitrogens is 4. The first-order chi connectivity index (χ1) is 15.9. The highest BCUT2D eigenvalue weighted by Gasteiger charge is 2.38. The van der Waals surface area contributed by atoms with Crippen molar-refractivity contribution in [2.45, 2.75) is 32.0 Å². The molecule has 0 radical (unpaired) electrons. The molecule has 1 amide bonds. The third-order valence-electron chi connectivity index (χ3n) is 6.10. The van der Waals surface area contributed by atoms with Crippen LogP contribution in [0.1, 0.15) is 25.3 Å². The first kappa shape index (κ1) is 23.6. The summed E-state index contributed by atoms with van der Waals surface area (Å²) in [5, 5.41) is 13.8. The molecule has 1 saturated heterocycles. The summed E-state index contributed by atoms with van der Waals surface area (Å²) in [6.07, 6.45) is -2.44. The molecule has 0 unspecified atom stereocenters. The van der Waals surface area contributed by atoms with Crippen LogP contribution in [0.3, 0.4) is 0 Å². The highest BCUT2D eigenvalue weighted by Crippen LogP contribution is 2.41. The van der Waals surface area contributed by atoms with Gasteiger partial charge in [-0.1, -0.05) is 0 Å². The average Bonchev–Trinajstić information content (AvgIpc) is 3.12. The van der Waals surface area contributed by atoms with E-state index in [4.69, 9.17) is 0 Å². The summed E-state index contributed by atoms with van der Waals surface area (Å²) in [4.78, 5) is 23.9. The molecule has 1 aromatic carbocycles. The van der Waals surface area contributed by atoms with Crippen molar-refractivity contribution in [3.05, 3.63) is 29.5 Å². The summed E-state index contributed by atoms with van der Waals surface area (Å²) in [6, 6.07) is 0.369. The van der Waals surface area contributed by atoms with E-state index in [0.29, 0.717) is 31.9 Å². The fourth-order valence-corrected chi connectivity index (χ4v) is 4.09. The van der Waals surface area contributed by atoms with Gasteiger partial charge < -0.3 is 14.9 Å². The zero-order valence-corrected chi connectivity index (χ0v) is 18.5. The summed E-state index contributed by atoms with van der Waals surface area (Å²) in [5.74, 6) is -5.06. The van der Waals surface area contributed by atoms with Gasteiger partial charge in [0.2, 0.25) is 11.9 Å². The predicted octanol–water partition coefficient (Wildman–Crippen LogP) is 3.48. The maximum Gasteiger partial charge on any atom is 0.419 e. The number of piperidine rings is 1. The summed E-state index contributed by atoms with van der Waals surface area (Å²) < 4.78 is 69.3. The first-order valence-corrected chi connectivity index (χ1v) is 10.4. The van der Waals surface area contributed by atoms with E-state index in [9.17, 15) is 31.9 Å². The van der Waals surface area contributed by atoms with Gasteiger partial charge in [0.05, 0.1) is 10.9 Å². The van der Waals surface area contributed by atoms with Crippen molar-refractivity contribution in [2.24, 2.45) is 7.05 Å². The van der Waals surface area contributed by atoms with Gasteiger partial charge in [0.25, 0.3) is 0 Å². The van der Waals surface area contributed by atoms with E-state index in [2.05, 4.69) is 15.1 Å². The number of anilines is 1. The van der Waals surface area contributed by atoms with Crippen LogP contribution in [0, 0.1) is 11.6 Å². The maximum absolute atomic E-state index is 14.6. The van der Waals surface area contributed by atoms with Gasteiger partial charge in [-0.2, -0.15) is 23.3 Å². The molecule has 34 heavy (non-hydrogen) atoms. The molecule has 1 N–H and O–H groups in total. The third-order valence-corrected chi connectivity index (χ3v) is 6.10. The second kappa shape index (κ2) is 8.37. The minimum absolute atomic E-state index is 0.0220. The van der Waals surface area contributed by atoms with Gasteiger partial charge in [0.1, 0.15) is 5.69 Å². The quantitative estimate of drug-likeness (QED) is 0.573. The van der Waals surface area contributed by atoms with Crippen molar-refractivity contribution in [1.82, 2.24) is 24.6 Å². The number of nitrogens with zero attached hydrogens (tertiary/aromatic N) is 6. The number of halogens is 5. The van der Waals surface area contributed by atoms with Crippen LogP contribution in [-0.2, 0) is 18.0 Å². The molecule has 0 atom stereocenters. The predicted molar refractivity (Wildman–Crippen MR) is 112 cm³/mol. The number of aromatic hydroxyl groups is 1. The summed E-state index contributed by atoms with van der Waals surface area (Å²) >= 11 is 0. The lowest BCUT2D eigenvalue weighted by atomic mass is 10.0. The fourth-order valence-electron chi connectivity index (χ4n) is 4.09. The highest BCUT2D eigenvalue weighted by atomic mass is 19.4. The zero-order valence-electron chi connectivity index (χ0n) is 18.5.